The van der Waals surface area contributed by atoms with Crippen molar-refractivity contribution in [1.29, 1.82) is 5.26 Å². The molecule has 0 bridgehead atoms. The Bertz CT molecular complexity index is 1320. The monoisotopic (exact) mass is 494 g/mol. The van der Waals surface area contributed by atoms with Gasteiger partial charge in [-0.25, -0.2) is 4.98 Å². The van der Waals surface area contributed by atoms with E-state index in [-0.39, 0.29) is 5.91 Å². The molecule has 34 heavy (non-hydrogen) atoms. The van der Waals surface area contributed by atoms with E-state index in [1.54, 1.807) is 12.1 Å². The topological polar surface area (TPSA) is 61.9 Å². The average molecular weight is 495 g/mol. The molecule has 3 aromatic rings. The fraction of sp³-hybridized carbons (Fsp3) is 0.444. The summed E-state index contributed by atoms with van der Waals surface area (Å²) in [6.45, 7) is 3.53. The second-order valence-corrected chi connectivity index (χ2v) is 10.7. The number of amides is 1. The van der Waals surface area contributed by atoms with Crippen molar-refractivity contribution in [3.8, 4) is 6.07 Å². The number of likely N-dealkylation sites (tertiary alicyclic amines) is 1. The van der Waals surface area contributed by atoms with E-state index in [1.807, 2.05) is 35.6 Å². The largest absolute Gasteiger partial charge is 0.339 e. The Labute approximate surface area is 210 Å². The van der Waals surface area contributed by atoms with E-state index in [2.05, 4.69) is 6.07 Å². The molecule has 1 aliphatic carbocycles. The van der Waals surface area contributed by atoms with Crippen molar-refractivity contribution in [2.24, 2.45) is 12.5 Å². The average Bonchev–Trinajstić information content (AvgIpc) is 3.41. The Hall–Kier alpha value is -2.55. The zero-order chi connectivity index (χ0) is 24.0. The molecule has 2 aromatic carbocycles. The Kier molecular flexibility index (Phi) is 6.08. The summed E-state index contributed by atoms with van der Waals surface area (Å²) >= 11 is 13.4. The molecule has 1 spiro atoms. The minimum Gasteiger partial charge on any atom is -0.339 e. The van der Waals surface area contributed by atoms with Gasteiger partial charge < -0.3 is 9.47 Å². The van der Waals surface area contributed by atoms with Gasteiger partial charge in [-0.1, -0.05) is 36.0 Å². The molecule has 5 rings (SSSR count). The summed E-state index contributed by atoms with van der Waals surface area (Å²) in [5.41, 5.74) is 4.95. The number of rotatable bonds is 3. The van der Waals surface area contributed by atoms with Crippen LogP contribution in [0.25, 0.3) is 11.0 Å². The Balaban J connectivity index is 1.43. The molecule has 0 radical (unpaired) electrons. The van der Waals surface area contributed by atoms with Gasteiger partial charge in [0, 0.05) is 31.6 Å². The summed E-state index contributed by atoms with van der Waals surface area (Å²) in [6.07, 6.45) is 7.80. The lowest BCUT2D eigenvalue weighted by Crippen LogP contribution is -2.42. The lowest BCUT2D eigenvalue weighted by molar-refractivity contribution is 0.0587. The molecule has 0 N–H and O–H groups in total. The van der Waals surface area contributed by atoms with E-state index in [9.17, 15) is 10.1 Å². The summed E-state index contributed by atoms with van der Waals surface area (Å²) in [5.74, 6) is 0.762. The summed E-state index contributed by atoms with van der Waals surface area (Å²) in [6, 6.07) is 9.40. The number of piperidine rings is 1. The smallest absolute Gasteiger partial charge is 0.255 e. The van der Waals surface area contributed by atoms with Gasteiger partial charge in [0.25, 0.3) is 5.91 Å². The van der Waals surface area contributed by atoms with Gasteiger partial charge in [-0.05, 0) is 73.4 Å². The molecule has 7 heteroatoms. The zero-order valence-corrected chi connectivity index (χ0v) is 21.1. The lowest BCUT2D eigenvalue weighted by atomic mass is 9.77. The van der Waals surface area contributed by atoms with Gasteiger partial charge in [0.2, 0.25) is 0 Å². The summed E-state index contributed by atoms with van der Waals surface area (Å²) in [4.78, 5) is 20.2. The van der Waals surface area contributed by atoms with Crippen molar-refractivity contribution >= 4 is 40.1 Å². The third-order valence-electron chi connectivity index (χ3n) is 7.93. The first kappa shape index (κ1) is 23.2. The number of imidazole rings is 1. The van der Waals surface area contributed by atoms with E-state index < -0.39 is 0 Å². The van der Waals surface area contributed by atoms with E-state index in [1.165, 1.54) is 25.7 Å². The minimum absolute atomic E-state index is 0.0183. The maximum atomic E-state index is 13.4. The van der Waals surface area contributed by atoms with Crippen molar-refractivity contribution < 1.29 is 4.79 Å². The highest BCUT2D eigenvalue weighted by molar-refractivity contribution is 6.38. The second-order valence-electron chi connectivity index (χ2n) is 9.92. The predicted molar refractivity (Wildman–Crippen MR) is 135 cm³/mol. The van der Waals surface area contributed by atoms with Crippen molar-refractivity contribution in [2.75, 3.05) is 13.1 Å². The first-order valence-corrected chi connectivity index (χ1v) is 12.7. The van der Waals surface area contributed by atoms with Crippen LogP contribution in [-0.2, 0) is 13.5 Å². The Morgan fingerprint density at radius 3 is 2.53 bits per heavy atom. The third-order valence-corrected chi connectivity index (χ3v) is 8.71. The van der Waals surface area contributed by atoms with Crippen molar-refractivity contribution in [2.45, 2.75) is 51.9 Å². The lowest BCUT2D eigenvalue weighted by Gasteiger charge is -2.39. The standard InChI is InChI=1S/C27H28Cl2N4O/c1-17-13-18(16-30)14-22-25(17)31-23(32(22)2)15-20-21(28)6-5-19(24(20)29)26(34)33-11-9-27(10-12-33)7-3-4-8-27/h5-6,13-14H,3-4,7-12,15H2,1-2H3. The minimum atomic E-state index is -0.0183. The van der Waals surface area contributed by atoms with Crippen LogP contribution in [0, 0.1) is 23.7 Å². The van der Waals surface area contributed by atoms with E-state index >= 15 is 0 Å². The number of hydrogen-bond acceptors (Lipinski definition) is 3. The normalized spacial score (nSPS) is 17.4. The van der Waals surface area contributed by atoms with Crippen LogP contribution in [0.1, 0.15) is 71.4 Å². The second kappa shape index (κ2) is 8.91. The van der Waals surface area contributed by atoms with Gasteiger partial charge in [0.15, 0.2) is 0 Å². The number of carbonyl (C=O) groups excluding carboxylic acids is 1. The molecule has 0 atom stereocenters. The molecule has 2 fully saturated rings. The number of benzene rings is 2. The van der Waals surface area contributed by atoms with Gasteiger partial charge in [-0.15, -0.1) is 0 Å². The van der Waals surface area contributed by atoms with Crippen molar-refractivity contribution in [3.05, 3.63) is 62.4 Å². The quantitative estimate of drug-likeness (QED) is 0.420. The van der Waals surface area contributed by atoms with Crippen LogP contribution in [0.2, 0.25) is 10.0 Å². The van der Waals surface area contributed by atoms with Gasteiger partial charge in [-0.3, -0.25) is 4.79 Å². The van der Waals surface area contributed by atoms with Crippen molar-refractivity contribution in [1.82, 2.24) is 14.5 Å². The highest BCUT2D eigenvalue weighted by atomic mass is 35.5. The molecule has 1 aliphatic heterocycles. The predicted octanol–water partition coefficient (Wildman–Crippen LogP) is 6.45. The molecule has 2 heterocycles. The fourth-order valence-corrected chi connectivity index (χ4v) is 6.38. The number of aromatic nitrogens is 2. The van der Waals surface area contributed by atoms with Crippen LogP contribution >= 0.6 is 23.2 Å². The van der Waals surface area contributed by atoms with Crippen molar-refractivity contribution in [3.63, 3.8) is 0 Å². The number of nitriles is 1. The Morgan fingerprint density at radius 1 is 1.15 bits per heavy atom. The fourth-order valence-electron chi connectivity index (χ4n) is 5.79. The van der Waals surface area contributed by atoms with Gasteiger partial charge >= 0.3 is 0 Å². The number of aryl methyl sites for hydroxylation is 2. The highest BCUT2D eigenvalue weighted by Crippen LogP contribution is 2.46. The van der Waals surface area contributed by atoms with Gasteiger partial charge in [0.1, 0.15) is 5.82 Å². The molecule has 2 aliphatic rings. The van der Waals surface area contributed by atoms with Crippen LogP contribution in [0.4, 0.5) is 0 Å². The van der Waals surface area contributed by atoms with E-state index in [0.717, 1.165) is 48.4 Å². The summed E-state index contributed by atoms with van der Waals surface area (Å²) in [7, 11) is 1.93. The molecular weight excluding hydrogens is 467 g/mol. The molecule has 5 nitrogen and oxygen atoms in total. The number of halogens is 2. The number of hydrogen-bond donors (Lipinski definition) is 0. The molecular formula is C27H28Cl2N4O. The van der Waals surface area contributed by atoms with Gasteiger partial charge in [-0.2, -0.15) is 5.26 Å². The third kappa shape index (κ3) is 3.97. The number of carbonyl (C=O) groups is 1. The van der Waals surface area contributed by atoms with Gasteiger partial charge in [0.05, 0.1) is 33.3 Å². The van der Waals surface area contributed by atoms with E-state index in [4.69, 9.17) is 28.2 Å². The summed E-state index contributed by atoms with van der Waals surface area (Å²) in [5, 5.41) is 10.2. The van der Waals surface area contributed by atoms with E-state index in [0.29, 0.717) is 38.6 Å². The van der Waals surface area contributed by atoms with Crippen LogP contribution < -0.4 is 0 Å². The SMILES string of the molecule is Cc1cc(C#N)cc2c1nc(Cc1c(Cl)ccc(C(=O)N3CCC4(CCCC4)CC3)c1Cl)n2C. The highest BCUT2D eigenvalue weighted by Gasteiger charge is 2.38. The first-order chi connectivity index (χ1) is 16.3. The zero-order valence-electron chi connectivity index (χ0n) is 19.6. The van der Waals surface area contributed by atoms with Crippen LogP contribution in [0.3, 0.4) is 0 Å². The summed E-state index contributed by atoms with van der Waals surface area (Å²) < 4.78 is 1.97. The van der Waals surface area contributed by atoms with Crippen LogP contribution in [0.5, 0.6) is 0 Å². The molecule has 1 saturated carbocycles. The Morgan fingerprint density at radius 2 is 1.85 bits per heavy atom. The van der Waals surface area contributed by atoms with Crippen LogP contribution in [-0.4, -0.2) is 33.4 Å². The molecule has 1 amide bonds. The number of fused-ring (bicyclic) bond motifs is 1. The maximum Gasteiger partial charge on any atom is 0.255 e. The molecule has 176 valence electrons. The molecule has 1 aromatic heterocycles. The van der Waals surface area contributed by atoms with Crippen LogP contribution in [0.15, 0.2) is 24.3 Å². The molecule has 0 unspecified atom stereocenters. The maximum absolute atomic E-state index is 13.4. The first-order valence-electron chi connectivity index (χ1n) is 11.9. The molecule has 1 saturated heterocycles. The number of nitrogens with zero attached hydrogens (tertiary/aromatic N) is 4.